The minimum Gasteiger partial charge on any atom is -0.382 e. The van der Waals surface area contributed by atoms with Gasteiger partial charge in [-0.2, -0.15) is 0 Å². The van der Waals surface area contributed by atoms with E-state index in [4.69, 9.17) is 21.1 Å². The molecule has 17 heavy (non-hydrogen) atoms. The Morgan fingerprint density at radius 3 is 2.59 bits per heavy atom. The largest absolute Gasteiger partial charge is 0.382 e. The van der Waals surface area contributed by atoms with Crippen LogP contribution in [-0.2, 0) is 15.4 Å². The van der Waals surface area contributed by atoms with Crippen molar-refractivity contribution in [2.24, 2.45) is 0 Å². The molecule has 0 saturated carbocycles. The SMILES string of the molecule is CCC(COC)n1nnc(CCl)c1C(C)OC. The van der Waals surface area contributed by atoms with Crippen LogP contribution in [0.15, 0.2) is 0 Å². The summed E-state index contributed by atoms with van der Waals surface area (Å²) < 4.78 is 12.4. The zero-order valence-electron chi connectivity index (χ0n) is 10.8. The molecule has 6 heteroatoms. The molecule has 2 atom stereocenters. The molecule has 0 aliphatic carbocycles. The molecule has 1 aromatic heterocycles. The maximum atomic E-state index is 5.87. The van der Waals surface area contributed by atoms with Crippen LogP contribution >= 0.6 is 11.6 Å². The predicted octanol–water partition coefficient (Wildman–Crippen LogP) is 2.32. The summed E-state index contributed by atoms with van der Waals surface area (Å²) in [5.74, 6) is 0.340. The molecule has 98 valence electrons. The highest BCUT2D eigenvalue weighted by Crippen LogP contribution is 2.24. The van der Waals surface area contributed by atoms with Gasteiger partial charge in [-0.25, -0.2) is 4.68 Å². The smallest absolute Gasteiger partial charge is 0.103 e. The molecule has 1 aromatic rings. The first kappa shape index (κ1) is 14.4. The van der Waals surface area contributed by atoms with Crippen molar-refractivity contribution in [2.75, 3.05) is 20.8 Å². The molecule has 1 heterocycles. The highest BCUT2D eigenvalue weighted by atomic mass is 35.5. The fourth-order valence-corrected chi connectivity index (χ4v) is 1.98. The average Bonchev–Trinajstić information content (AvgIpc) is 2.78. The van der Waals surface area contributed by atoms with Gasteiger partial charge in [0.25, 0.3) is 0 Å². The molecule has 0 N–H and O–H groups in total. The van der Waals surface area contributed by atoms with E-state index in [0.29, 0.717) is 12.5 Å². The Hall–Kier alpha value is -0.650. The highest BCUT2D eigenvalue weighted by molar-refractivity contribution is 6.16. The van der Waals surface area contributed by atoms with Crippen LogP contribution in [0.25, 0.3) is 0 Å². The van der Waals surface area contributed by atoms with Crippen molar-refractivity contribution < 1.29 is 9.47 Å². The second-order valence-electron chi connectivity index (χ2n) is 3.89. The fraction of sp³-hybridized carbons (Fsp3) is 0.818. The highest BCUT2D eigenvalue weighted by Gasteiger charge is 2.22. The van der Waals surface area contributed by atoms with Gasteiger partial charge in [0.2, 0.25) is 0 Å². The van der Waals surface area contributed by atoms with E-state index in [2.05, 4.69) is 17.2 Å². The number of halogens is 1. The van der Waals surface area contributed by atoms with Gasteiger partial charge in [-0.15, -0.1) is 16.7 Å². The van der Waals surface area contributed by atoms with Gasteiger partial charge < -0.3 is 9.47 Å². The Morgan fingerprint density at radius 2 is 2.12 bits per heavy atom. The van der Waals surface area contributed by atoms with Crippen molar-refractivity contribution >= 4 is 11.6 Å². The summed E-state index contributed by atoms with van der Waals surface area (Å²) in [6, 6.07) is 0.164. The van der Waals surface area contributed by atoms with Crippen molar-refractivity contribution in [1.82, 2.24) is 15.0 Å². The topological polar surface area (TPSA) is 49.2 Å². The molecule has 2 unspecified atom stereocenters. The van der Waals surface area contributed by atoms with Gasteiger partial charge in [0.05, 0.1) is 30.3 Å². The van der Waals surface area contributed by atoms with Crippen LogP contribution in [0.1, 0.15) is 43.8 Å². The van der Waals surface area contributed by atoms with Crippen molar-refractivity contribution in [3.8, 4) is 0 Å². The van der Waals surface area contributed by atoms with Gasteiger partial charge in [-0.3, -0.25) is 0 Å². The number of methoxy groups -OCH3 is 2. The summed E-state index contributed by atoms with van der Waals surface area (Å²) in [5, 5.41) is 8.27. The number of hydrogen-bond acceptors (Lipinski definition) is 4. The number of ether oxygens (including phenoxy) is 2. The lowest BCUT2D eigenvalue weighted by atomic mass is 10.2. The Morgan fingerprint density at radius 1 is 1.41 bits per heavy atom. The molecule has 0 bridgehead atoms. The second-order valence-corrected chi connectivity index (χ2v) is 4.16. The van der Waals surface area contributed by atoms with Crippen molar-refractivity contribution in [3.63, 3.8) is 0 Å². The third-order valence-electron chi connectivity index (χ3n) is 2.85. The number of nitrogens with zero attached hydrogens (tertiary/aromatic N) is 3. The van der Waals surface area contributed by atoms with Crippen LogP contribution < -0.4 is 0 Å². The zero-order chi connectivity index (χ0) is 12.8. The molecule has 0 aromatic carbocycles. The fourth-order valence-electron chi connectivity index (χ4n) is 1.79. The summed E-state index contributed by atoms with van der Waals surface area (Å²) in [6.07, 6.45) is 0.840. The lowest BCUT2D eigenvalue weighted by Crippen LogP contribution is -2.19. The van der Waals surface area contributed by atoms with Crippen molar-refractivity contribution in [2.45, 2.75) is 38.3 Å². The van der Waals surface area contributed by atoms with Crippen LogP contribution in [0.5, 0.6) is 0 Å². The van der Waals surface area contributed by atoms with Crippen molar-refractivity contribution in [1.29, 1.82) is 0 Å². The molecule has 0 saturated heterocycles. The molecule has 5 nitrogen and oxygen atoms in total. The van der Waals surface area contributed by atoms with Crippen molar-refractivity contribution in [3.05, 3.63) is 11.4 Å². The quantitative estimate of drug-likeness (QED) is 0.707. The second kappa shape index (κ2) is 6.93. The number of rotatable bonds is 7. The van der Waals surface area contributed by atoms with Gasteiger partial charge in [0, 0.05) is 14.2 Å². The molecule has 0 aliphatic heterocycles. The Balaban J connectivity index is 3.09. The summed E-state index contributed by atoms with van der Waals surface area (Å²) >= 11 is 5.87. The zero-order valence-corrected chi connectivity index (χ0v) is 11.6. The first-order chi connectivity index (χ1) is 8.19. The number of alkyl halides is 1. The van der Waals surface area contributed by atoms with Crippen LogP contribution in [0.3, 0.4) is 0 Å². The third kappa shape index (κ3) is 3.18. The van der Waals surface area contributed by atoms with Gasteiger partial charge >= 0.3 is 0 Å². The van der Waals surface area contributed by atoms with E-state index >= 15 is 0 Å². The van der Waals surface area contributed by atoms with E-state index < -0.39 is 0 Å². The van der Waals surface area contributed by atoms with Crippen LogP contribution in [0.2, 0.25) is 0 Å². The minimum absolute atomic E-state index is 0.0790. The lowest BCUT2D eigenvalue weighted by Gasteiger charge is -2.19. The lowest BCUT2D eigenvalue weighted by molar-refractivity contribution is 0.0989. The molecule has 0 spiro atoms. The van der Waals surface area contributed by atoms with E-state index in [1.165, 1.54) is 0 Å². The Kier molecular flexibility index (Phi) is 5.88. The van der Waals surface area contributed by atoms with Gasteiger partial charge in [0.15, 0.2) is 0 Å². The minimum atomic E-state index is -0.0790. The number of hydrogen-bond donors (Lipinski definition) is 0. The Labute approximate surface area is 107 Å². The van der Waals surface area contributed by atoms with Gasteiger partial charge in [0.1, 0.15) is 5.69 Å². The van der Waals surface area contributed by atoms with E-state index in [0.717, 1.165) is 17.8 Å². The van der Waals surface area contributed by atoms with Crippen LogP contribution in [0, 0.1) is 0 Å². The van der Waals surface area contributed by atoms with E-state index in [1.807, 2.05) is 11.6 Å². The number of aromatic nitrogens is 3. The summed E-state index contributed by atoms with van der Waals surface area (Å²) in [7, 11) is 3.35. The molecule has 0 radical (unpaired) electrons. The summed E-state index contributed by atoms with van der Waals surface area (Å²) in [5.41, 5.74) is 1.71. The Bertz CT molecular complexity index is 343. The van der Waals surface area contributed by atoms with Crippen LogP contribution in [-0.4, -0.2) is 35.8 Å². The third-order valence-corrected chi connectivity index (χ3v) is 3.10. The molecular formula is C11H20ClN3O2. The molecule has 0 aliphatic rings. The predicted molar refractivity (Wildman–Crippen MR) is 66.2 cm³/mol. The maximum Gasteiger partial charge on any atom is 0.103 e. The average molecular weight is 262 g/mol. The molecular weight excluding hydrogens is 242 g/mol. The molecule has 1 rings (SSSR count). The van der Waals surface area contributed by atoms with Crippen LogP contribution in [0.4, 0.5) is 0 Å². The van der Waals surface area contributed by atoms with Gasteiger partial charge in [-0.1, -0.05) is 12.1 Å². The standard InChI is InChI=1S/C11H20ClN3O2/c1-5-9(7-16-3)15-11(8(2)17-4)10(6-12)13-14-15/h8-9H,5-7H2,1-4H3. The summed E-state index contributed by atoms with van der Waals surface area (Å²) in [4.78, 5) is 0. The first-order valence-electron chi connectivity index (χ1n) is 5.71. The molecule has 0 amide bonds. The van der Waals surface area contributed by atoms with E-state index in [-0.39, 0.29) is 12.1 Å². The summed E-state index contributed by atoms with van der Waals surface area (Å²) in [6.45, 7) is 4.66. The monoisotopic (exact) mass is 261 g/mol. The maximum absolute atomic E-state index is 5.87. The van der Waals surface area contributed by atoms with Gasteiger partial charge in [-0.05, 0) is 13.3 Å². The first-order valence-corrected chi connectivity index (χ1v) is 6.24. The molecule has 0 fully saturated rings. The normalized spacial score (nSPS) is 14.9. The van der Waals surface area contributed by atoms with E-state index in [9.17, 15) is 0 Å². The van der Waals surface area contributed by atoms with E-state index in [1.54, 1.807) is 14.2 Å².